The van der Waals surface area contributed by atoms with Crippen molar-refractivity contribution in [3.05, 3.63) is 34.9 Å². The van der Waals surface area contributed by atoms with Crippen molar-refractivity contribution in [2.24, 2.45) is 11.8 Å². The van der Waals surface area contributed by atoms with Gasteiger partial charge < -0.3 is 0 Å². The van der Waals surface area contributed by atoms with E-state index in [1.807, 2.05) is 0 Å². The van der Waals surface area contributed by atoms with Crippen LogP contribution < -0.4 is 11.3 Å². The predicted octanol–water partition coefficient (Wildman–Crippen LogP) is 2.58. The molecule has 1 unspecified atom stereocenters. The summed E-state index contributed by atoms with van der Waals surface area (Å²) in [5.74, 6) is 4.94. The Hall–Kier alpha value is -1.00. The van der Waals surface area contributed by atoms with Crippen molar-refractivity contribution in [2.75, 3.05) is 0 Å². The van der Waals surface area contributed by atoms with Gasteiger partial charge in [0.05, 0.1) is 6.04 Å². The number of nitrogens with two attached hydrogens (primary N) is 1. The van der Waals surface area contributed by atoms with Crippen LogP contribution in [0, 0.1) is 24.5 Å². The molecule has 2 rings (SSSR count). The molecule has 88 valence electrons. The number of hydrazine groups is 1. The van der Waals surface area contributed by atoms with Gasteiger partial charge in [-0.05, 0) is 30.9 Å². The number of hydrogen-bond donors (Lipinski definition) is 2. The zero-order valence-corrected chi connectivity index (χ0v) is 9.26. The van der Waals surface area contributed by atoms with Crippen molar-refractivity contribution in [3.63, 3.8) is 0 Å². The highest BCUT2D eigenvalue weighted by atomic mass is 19.1. The molecule has 1 aliphatic carbocycles. The third-order valence-corrected chi connectivity index (χ3v) is 3.14. The molecular formula is C12H16F2N2. The predicted molar refractivity (Wildman–Crippen MR) is 58.5 cm³/mol. The largest absolute Gasteiger partial charge is 0.271 e. The molecule has 0 saturated heterocycles. The molecule has 3 N–H and O–H groups in total. The van der Waals surface area contributed by atoms with Crippen molar-refractivity contribution in [1.82, 2.24) is 5.43 Å². The molecule has 1 aromatic rings. The van der Waals surface area contributed by atoms with Crippen LogP contribution in [0.4, 0.5) is 8.78 Å². The monoisotopic (exact) mass is 226 g/mol. The van der Waals surface area contributed by atoms with Crippen LogP contribution in [0.3, 0.4) is 0 Å². The van der Waals surface area contributed by atoms with Gasteiger partial charge in [0.2, 0.25) is 0 Å². The SMILES string of the molecule is Cc1ccc(F)c(C(CC2CC2)NN)c1F. The van der Waals surface area contributed by atoms with Gasteiger partial charge in [-0.15, -0.1) is 0 Å². The molecule has 2 nitrogen and oxygen atoms in total. The summed E-state index contributed by atoms with van der Waals surface area (Å²) in [5.41, 5.74) is 3.05. The number of rotatable bonds is 4. The Bertz CT molecular complexity index is 389. The Morgan fingerprint density at radius 1 is 1.44 bits per heavy atom. The minimum Gasteiger partial charge on any atom is -0.271 e. The first-order valence-electron chi connectivity index (χ1n) is 5.54. The average molecular weight is 226 g/mol. The fourth-order valence-electron chi connectivity index (χ4n) is 1.95. The van der Waals surface area contributed by atoms with Gasteiger partial charge in [-0.3, -0.25) is 11.3 Å². The molecule has 1 fully saturated rings. The summed E-state index contributed by atoms with van der Waals surface area (Å²) >= 11 is 0. The second-order valence-corrected chi connectivity index (χ2v) is 4.49. The highest BCUT2D eigenvalue weighted by molar-refractivity contribution is 5.29. The highest BCUT2D eigenvalue weighted by Crippen LogP contribution is 2.38. The maximum Gasteiger partial charge on any atom is 0.133 e. The van der Waals surface area contributed by atoms with Crippen molar-refractivity contribution < 1.29 is 8.78 Å². The molecule has 4 heteroatoms. The van der Waals surface area contributed by atoms with E-state index in [2.05, 4.69) is 5.43 Å². The standard InChI is InChI=1S/C12H16F2N2/c1-7-2-5-9(13)11(12(7)14)10(16-15)6-8-3-4-8/h2,5,8,10,16H,3-4,6,15H2,1H3. The summed E-state index contributed by atoms with van der Waals surface area (Å²) in [7, 11) is 0. The summed E-state index contributed by atoms with van der Waals surface area (Å²) in [6, 6.07) is 2.32. The van der Waals surface area contributed by atoms with Crippen molar-refractivity contribution in [1.29, 1.82) is 0 Å². The lowest BCUT2D eigenvalue weighted by molar-refractivity contribution is 0.435. The smallest absolute Gasteiger partial charge is 0.133 e. The summed E-state index contributed by atoms with van der Waals surface area (Å²) in [5, 5.41) is 0. The normalized spacial score (nSPS) is 17.5. The van der Waals surface area contributed by atoms with Crippen LogP contribution in [0.25, 0.3) is 0 Å². The molecule has 0 bridgehead atoms. The summed E-state index contributed by atoms with van der Waals surface area (Å²) in [6.07, 6.45) is 2.97. The minimum atomic E-state index is -0.522. The first-order valence-corrected chi connectivity index (χ1v) is 5.54. The zero-order chi connectivity index (χ0) is 11.7. The molecule has 0 amide bonds. The summed E-state index contributed by atoms with van der Waals surface area (Å²) in [6.45, 7) is 1.63. The quantitative estimate of drug-likeness (QED) is 0.611. The third kappa shape index (κ3) is 2.23. The second kappa shape index (κ2) is 4.47. The lowest BCUT2D eigenvalue weighted by Gasteiger charge is -2.18. The van der Waals surface area contributed by atoms with Gasteiger partial charge in [0, 0.05) is 5.56 Å². The molecule has 1 atom stereocenters. The van der Waals surface area contributed by atoms with Gasteiger partial charge in [-0.1, -0.05) is 18.9 Å². The molecule has 0 aromatic heterocycles. The third-order valence-electron chi connectivity index (χ3n) is 3.14. The van der Waals surface area contributed by atoms with E-state index in [1.54, 1.807) is 6.92 Å². The molecule has 1 aromatic carbocycles. The number of benzene rings is 1. The molecule has 0 spiro atoms. The van der Waals surface area contributed by atoms with Crippen LogP contribution in [0.1, 0.15) is 36.4 Å². The van der Waals surface area contributed by atoms with E-state index in [0.29, 0.717) is 17.9 Å². The van der Waals surface area contributed by atoms with E-state index in [1.165, 1.54) is 12.1 Å². The Balaban J connectivity index is 2.31. The highest BCUT2D eigenvalue weighted by Gasteiger charge is 2.29. The number of nitrogens with one attached hydrogen (secondary N) is 1. The van der Waals surface area contributed by atoms with Gasteiger partial charge in [-0.2, -0.15) is 0 Å². The first kappa shape index (κ1) is 11.5. The molecule has 1 saturated carbocycles. The molecule has 1 aliphatic rings. The van der Waals surface area contributed by atoms with E-state index < -0.39 is 17.7 Å². The van der Waals surface area contributed by atoms with Crippen LogP contribution >= 0.6 is 0 Å². The van der Waals surface area contributed by atoms with Crippen LogP contribution in [-0.4, -0.2) is 0 Å². The molecule has 0 aliphatic heterocycles. The molecule has 16 heavy (non-hydrogen) atoms. The number of hydrogen-bond acceptors (Lipinski definition) is 2. The van der Waals surface area contributed by atoms with Gasteiger partial charge in [0.15, 0.2) is 0 Å². The van der Waals surface area contributed by atoms with Crippen LogP contribution in [0.15, 0.2) is 12.1 Å². The number of aryl methyl sites for hydroxylation is 1. The second-order valence-electron chi connectivity index (χ2n) is 4.49. The molecule has 0 heterocycles. The fraction of sp³-hybridized carbons (Fsp3) is 0.500. The zero-order valence-electron chi connectivity index (χ0n) is 9.26. The van der Waals surface area contributed by atoms with Crippen molar-refractivity contribution in [2.45, 2.75) is 32.2 Å². The Morgan fingerprint density at radius 3 is 2.69 bits per heavy atom. The Kier molecular flexibility index (Phi) is 3.21. The summed E-state index contributed by atoms with van der Waals surface area (Å²) < 4.78 is 27.4. The maximum absolute atomic E-state index is 13.8. The first-order chi connectivity index (χ1) is 7.63. The van der Waals surface area contributed by atoms with Crippen molar-refractivity contribution >= 4 is 0 Å². The lowest BCUT2D eigenvalue weighted by Crippen LogP contribution is -2.30. The topological polar surface area (TPSA) is 38.0 Å². The van der Waals surface area contributed by atoms with E-state index in [9.17, 15) is 8.78 Å². The molecule has 0 radical (unpaired) electrons. The fourth-order valence-corrected chi connectivity index (χ4v) is 1.95. The average Bonchev–Trinajstić information content (AvgIpc) is 3.06. The van der Waals surface area contributed by atoms with E-state index in [-0.39, 0.29) is 5.56 Å². The maximum atomic E-state index is 13.8. The van der Waals surface area contributed by atoms with E-state index >= 15 is 0 Å². The molecular weight excluding hydrogens is 210 g/mol. The Labute approximate surface area is 93.8 Å². The van der Waals surface area contributed by atoms with Crippen molar-refractivity contribution in [3.8, 4) is 0 Å². The van der Waals surface area contributed by atoms with E-state index in [4.69, 9.17) is 5.84 Å². The van der Waals surface area contributed by atoms with Gasteiger partial charge in [0.1, 0.15) is 11.6 Å². The van der Waals surface area contributed by atoms with E-state index in [0.717, 1.165) is 12.8 Å². The number of halogens is 2. The van der Waals surface area contributed by atoms with Crippen LogP contribution in [0.2, 0.25) is 0 Å². The lowest BCUT2D eigenvalue weighted by atomic mass is 9.98. The Morgan fingerprint density at radius 2 is 2.12 bits per heavy atom. The van der Waals surface area contributed by atoms with Gasteiger partial charge in [0.25, 0.3) is 0 Å². The van der Waals surface area contributed by atoms with Gasteiger partial charge >= 0.3 is 0 Å². The van der Waals surface area contributed by atoms with Gasteiger partial charge in [-0.25, -0.2) is 8.78 Å². The minimum absolute atomic E-state index is 0.0781. The van der Waals surface area contributed by atoms with Crippen LogP contribution in [-0.2, 0) is 0 Å². The summed E-state index contributed by atoms with van der Waals surface area (Å²) in [4.78, 5) is 0. The van der Waals surface area contributed by atoms with Crippen LogP contribution in [0.5, 0.6) is 0 Å².